The standard InChI is InChI=1S/C19H28N4O/c1-12-8-14(3)17(9-13(12)2)15(4)20-16-6-7-19-21-18(11-24-5)22-23(19)10-16/h8-9,15-16,20H,6-7,10-11H2,1-5H3/t15-,16-/m1/s1. The van der Waals surface area contributed by atoms with Crippen molar-refractivity contribution in [1.29, 1.82) is 0 Å². The van der Waals surface area contributed by atoms with Crippen LogP contribution in [0.25, 0.3) is 0 Å². The minimum atomic E-state index is 0.331. The number of methoxy groups -OCH3 is 1. The Morgan fingerprint density at radius 1 is 1.25 bits per heavy atom. The van der Waals surface area contributed by atoms with E-state index < -0.39 is 0 Å². The number of aromatic nitrogens is 3. The van der Waals surface area contributed by atoms with Crippen LogP contribution in [0.3, 0.4) is 0 Å². The second-order valence-electron chi connectivity index (χ2n) is 6.98. The average molecular weight is 328 g/mol. The van der Waals surface area contributed by atoms with Gasteiger partial charge in [-0.05, 0) is 56.4 Å². The number of fused-ring (bicyclic) bond motifs is 1. The molecule has 1 aliphatic heterocycles. The van der Waals surface area contributed by atoms with Gasteiger partial charge >= 0.3 is 0 Å². The van der Waals surface area contributed by atoms with Crippen molar-refractivity contribution < 1.29 is 4.74 Å². The first-order valence-corrected chi connectivity index (χ1v) is 8.73. The predicted octanol–water partition coefficient (Wildman–Crippen LogP) is 3.02. The van der Waals surface area contributed by atoms with Crippen LogP contribution >= 0.6 is 0 Å². The molecule has 0 amide bonds. The van der Waals surface area contributed by atoms with E-state index in [0.717, 1.165) is 31.0 Å². The van der Waals surface area contributed by atoms with E-state index in [2.05, 4.69) is 55.2 Å². The molecule has 1 aliphatic rings. The zero-order valence-corrected chi connectivity index (χ0v) is 15.4. The zero-order valence-electron chi connectivity index (χ0n) is 15.4. The normalized spacial score (nSPS) is 18.5. The van der Waals surface area contributed by atoms with E-state index in [1.165, 1.54) is 22.3 Å². The van der Waals surface area contributed by atoms with Crippen molar-refractivity contribution in [3.63, 3.8) is 0 Å². The summed E-state index contributed by atoms with van der Waals surface area (Å²) in [6, 6.07) is 5.36. The van der Waals surface area contributed by atoms with Crippen molar-refractivity contribution in [2.24, 2.45) is 0 Å². The number of nitrogens with zero attached hydrogens (tertiary/aromatic N) is 3. The van der Waals surface area contributed by atoms with Crippen LogP contribution in [0.1, 0.15) is 53.3 Å². The number of aryl methyl sites for hydroxylation is 4. The van der Waals surface area contributed by atoms with Crippen LogP contribution in [0.15, 0.2) is 12.1 Å². The second kappa shape index (κ2) is 7.03. The van der Waals surface area contributed by atoms with Crippen molar-refractivity contribution in [2.75, 3.05) is 7.11 Å². The van der Waals surface area contributed by atoms with Gasteiger partial charge in [-0.2, -0.15) is 5.10 Å². The number of benzene rings is 1. The van der Waals surface area contributed by atoms with Crippen LogP contribution in [0.4, 0.5) is 0 Å². The summed E-state index contributed by atoms with van der Waals surface area (Å²) in [6.07, 6.45) is 2.06. The van der Waals surface area contributed by atoms with E-state index >= 15 is 0 Å². The van der Waals surface area contributed by atoms with Crippen LogP contribution in [0, 0.1) is 20.8 Å². The second-order valence-corrected chi connectivity index (χ2v) is 6.98. The maximum Gasteiger partial charge on any atom is 0.176 e. The zero-order chi connectivity index (χ0) is 17.3. The molecule has 1 aromatic heterocycles. The van der Waals surface area contributed by atoms with Crippen LogP contribution in [0.5, 0.6) is 0 Å². The summed E-state index contributed by atoms with van der Waals surface area (Å²) in [4.78, 5) is 4.55. The fourth-order valence-corrected chi connectivity index (χ4v) is 3.58. The van der Waals surface area contributed by atoms with Crippen molar-refractivity contribution in [2.45, 2.75) is 65.8 Å². The lowest BCUT2D eigenvalue weighted by molar-refractivity contribution is 0.177. The summed E-state index contributed by atoms with van der Waals surface area (Å²) < 4.78 is 7.17. The molecule has 0 saturated heterocycles. The van der Waals surface area contributed by atoms with E-state index in [-0.39, 0.29) is 0 Å². The van der Waals surface area contributed by atoms with Gasteiger partial charge in [-0.1, -0.05) is 12.1 Å². The summed E-state index contributed by atoms with van der Waals surface area (Å²) in [5.74, 6) is 1.86. The molecule has 1 aromatic carbocycles. The monoisotopic (exact) mass is 328 g/mol. The van der Waals surface area contributed by atoms with E-state index in [1.54, 1.807) is 7.11 Å². The van der Waals surface area contributed by atoms with Crippen LogP contribution in [0.2, 0.25) is 0 Å². The smallest absolute Gasteiger partial charge is 0.176 e. The molecule has 1 N–H and O–H groups in total. The summed E-state index contributed by atoms with van der Waals surface area (Å²) >= 11 is 0. The Hall–Kier alpha value is -1.72. The summed E-state index contributed by atoms with van der Waals surface area (Å²) in [5.41, 5.74) is 5.47. The first-order chi connectivity index (χ1) is 11.5. The van der Waals surface area contributed by atoms with Crippen LogP contribution in [-0.2, 0) is 24.3 Å². The summed E-state index contributed by atoms with van der Waals surface area (Å²) in [7, 11) is 1.68. The van der Waals surface area contributed by atoms with Crippen molar-refractivity contribution in [3.05, 3.63) is 46.0 Å². The van der Waals surface area contributed by atoms with Crippen molar-refractivity contribution >= 4 is 0 Å². The van der Waals surface area contributed by atoms with Gasteiger partial charge in [0.25, 0.3) is 0 Å². The van der Waals surface area contributed by atoms with Gasteiger partial charge in [-0.25, -0.2) is 9.67 Å². The molecule has 2 aromatic rings. The highest BCUT2D eigenvalue weighted by Gasteiger charge is 2.23. The molecule has 0 radical (unpaired) electrons. The molecule has 24 heavy (non-hydrogen) atoms. The largest absolute Gasteiger partial charge is 0.377 e. The third-order valence-corrected chi connectivity index (χ3v) is 5.01. The first kappa shape index (κ1) is 17.1. The molecule has 0 spiro atoms. The number of hydrogen-bond donors (Lipinski definition) is 1. The molecule has 0 aliphatic carbocycles. The Morgan fingerprint density at radius 3 is 2.75 bits per heavy atom. The lowest BCUT2D eigenvalue weighted by atomic mass is 9.95. The van der Waals surface area contributed by atoms with Crippen LogP contribution in [-0.4, -0.2) is 27.9 Å². The summed E-state index contributed by atoms with van der Waals surface area (Å²) in [6.45, 7) is 10.2. The Kier molecular flexibility index (Phi) is 5.01. The van der Waals surface area contributed by atoms with E-state index in [0.29, 0.717) is 18.7 Å². The highest BCUT2D eigenvalue weighted by molar-refractivity contribution is 5.38. The fourth-order valence-electron chi connectivity index (χ4n) is 3.58. The Balaban J connectivity index is 1.69. The van der Waals surface area contributed by atoms with Crippen molar-refractivity contribution in [1.82, 2.24) is 20.1 Å². The van der Waals surface area contributed by atoms with Crippen molar-refractivity contribution in [3.8, 4) is 0 Å². The average Bonchev–Trinajstić information content (AvgIpc) is 2.92. The molecule has 130 valence electrons. The maximum atomic E-state index is 5.13. The van der Waals surface area contributed by atoms with Gasteiger partial charge in [0, 0.05) is 25.6 Å². The van der Waals surface area contributed by atoms with E-state index in [4.69, 9.17) is 4.74 Å². The molecule has 0 saturated carbocycles. The minimum Gasteiger partial charge on any atom is -0.377 e. The van der Waals surface area contributed by atoms with Gasteiger partial charge in [0.05, 0.1) is 6.54 Å². The number of rotatable bonds is 5. The molecule has 5 heteroatoms. The molecule has 2 atom stereocenters. The van der Waals surface area contributed by atoms with Gasteiger partial charge in [0.1, 0.15) is 12.4 Å². The highest BCUT2D eigenvalue weighted by Crippen LogP contribution is 2.23. The first-order valence-electron chi connectivity index (χ1n) is 8.73. The van der Waals surface area contributed by atoms with Gasteiger partial charge in [-0.3, -0.25) is 0 Å². The third-order valence-electron chi connectivity index (χ3n) is 5.01. The maximum absolute atomic E-state index is 5.13. The molecule has 0 unspecified atom stereocenters. The third kappa shape index (κ3) is 3.52. The summed E-state index contributed by atoms with van der Waals surface area (Å²) in [5, 5.41) is 8.34. The van der Waals surface area contributed by atoms with Gasteiger partial charge in [0.15, 0.2) is 5.82 Å². The molecular formula is C19H28N4O. The molecule has 0 bridgehead atoms. The number of nitrogens with one attached hydrogen (secondary N) is 1. The Bertz CT molecular complexity index is 722. The minimum absolute atomic E-state index is 0.331. The lowest BCUT2D eigenvalue weighted by Gasteiger charge is -2.28. The Morgan fingerprint density at radius 2 is 2.00 bits per heavy atom. The molecule has 2 heterocycles. The quantitative estimate of drug-likeness (QED) is 0.917. The molecule has 0 fully saturated rings. The topological polar surface area (TPSA) is 52.0 Å². The van der Waals surface area contributed by atoms with E-state index in [1.807, 2.05) is 4.68 Å². The number of ether oxygens (including phenoxy) is 1. The highest BCUT2D eigenvalue weighted by atomic mass is 16.5. The fraction of sp³-hybridized carbons (Fsp3) is 0.579. The van der Waals surface area contributed by atoms with Crippen LogP contribution < -0.4 is 5.32 Å². The SMILES string of the molecule is COCc1nc2n(n1)C[C@H](N[C@H](C)c1cc(C)c(C)cc1C)CC2. The van der Waals surface area contributed by atoms with Gasteiger partial charge in [0.2, 0.25) is 0 Å². The van der Waals surface area contributed by atoms with Gasteiger partial charge < -0.3 is 10.1 Å². The predicted molar refractivity (Wildman–Crippen MR) is 95.0 cm³/mol. The number of hydrogen-bond acceptors (Lipinski definition) is 4. The molecule has 5 nitrogen and oxygen atoms in total. The van der Waals surface area contributed by atoms with Gasteiger partial charge in [-0.15, -0.1) is 0 Å². The lowest BCUT2D eigenvalue weighted by Crippen LogP contribution is -2.39. The molecular weight excluding hydrogens is 300 g/mol. The Labute approximate surface area is 144 Å². The molecule has 3 rings (SSSR count). The van der Waals surface area contributed by atoms with E-state index in [9.17, 15) is 0 Å².